The molecule has 2 unspecified atom stereocenters. The number of pyridine rings is 2. The summed E-state index contributed by atoms with van der Waals surface area (Å²) >= 11 is 12.4. The van der Waals surface area contributed by atoms with Gasteiger partial charge in [0.25, 0.3) is 0 Å². The van der Waals surface area contributed by atoms with Crippen LogP contribution in [0.4, 0.5) is 0 Å². The highest BCUT2D eigenvalue weighted by Gasteiger charge is 2.32. The average molecular weight is 414 g/mol. The van der Waals surface area contributed by atoms with Crippen LogP contribution >= 0.6 is 23.2 Å². The first-order valence-electron chi connectivity index (χ1n) is 9.37. The third-order valence-corrected chi connectivity index (χ3v) is 5.59. The maximum absolute atomic E-state index is 11.5. The lowest BCUT2D eigenvalue weighted by molar-refractivity contribution is 0.0607. The Hall–Kier alpha value is -1.98. The van der Waals surface area contributed by atoms with Gasteiger partial charge in [0.2, 0.25) is 0 Å². The molecule has 144 valence electrons. The van der Waals surface area contributed by atoms with E-state index in [9.17, 15) is 5.11 Å². The molecule has 3 heterocycles. The van der Waals surface area contributed by atoms with Gasteiger partial charge >= 0.3 is 0 Å². The molecule has 4 nitrogen and oxygen atoms in total. The van der Waals surface area contributed by atoms with E-state index >= 15 is 0 Å². The fourth-order valence-electron chi connectivity index (χ4n) is 3.92. The number of nitrogens with zero attached hydrogens (tertiary/aromatic N) is 3. The van der Waals surface area contributed by atoms with Gasteiger partial charge in [-0.25, -0.2) is 0 Å². The molecule has 0 aliphatic carbocycles. The zero-order chi connectivity index (χ0) is 19.5. The Morgan fingerprint density at radius 1 is 0.964 bits per heavy atom. The van der Waals surface area contributed by atoms with Crippen LogP contribution in [-0.2, 0) is 0 Å². The van der Waals surface area contributed by atoms with Crippen LogP contribution in [-0.4, -0.2) is 33.1 Å². The normalized spacial score (nSPS) is 16.8. The summed E-state index contributed by atoms with van der Waals surface area (Å²) in [5.41, 5.74) is 3.23. The van der Waals surface area contributed by atoms with E-state index in [2.05, 4.69) is 14.9 Å². The largest absolute Gasteiger partial charge is 0.386 e. The van der Waals surface area contributed by atoms with Crippen molar-refractivity contribution in [2.75, 3.05) is 13.1 Å². The standard InChI is InChI=1S/C22H21Cl2N3O/c23-17-11-16(12-18(24)13-17)20-19(6-4-8-26-20)22(28)21(27-9-1-2-10-27)15-5-3-7-25-14-15/h3-8,11-14,21-22,28H,1-2,9-10H2. The Morgan fingerprint density at radius 3 is 2.36 bits per heavy atom. The smallest absolute Gasteiger partial charge is 0.101 e. The maximum Gasteiger partial charge on any atom is 0.101 e. The van der Waals surface area contributed by atoms with Crippen molar-refractivity contribution in [1.29, 1.82) is 0 Å². The number of rotatable bonds is 5. The van der Waals surface area contributed by atoms with Gasteiger partial charge in [-0.05, 0) is 61.8 Å². The predicted molar refractivity (Wildman–Crippen MR) is 112 cm³/mol. The number of aromatic nitrogens is 2. The first-order valence-corrected chi connectivity index (χ1v) is 10.1. The Labute approximate surface area is 174 Å². The molecule has 0 saturated carbocycles. The molecule has 28 heavy (non-hydrogen) atoms. The summed E-state index contributed by atoms with van der Waals surface area (Å²) in [5.74, 6) is 0. The van der Waals surface area contributed by atoms with Gasteiger partial charge in [0, 0.05) is 39.8 Å². The van der Waals surface area contributed by atoms with Crippen molar-refractivity contribution in [2.24, 2.45) is 0 Å². The molecule has 2 atom stereocenters. The molecule has 1 aromatic carbocycles. The monoisotopic (exact) mass is 413 g/mol. The van der Waals surface area contributed by atoms with Crippen molar-refractivity contribution in [3.63, 3.8) is 0 Å². The third kappa shape index (κ3) is 4.06. The Kier molecular flexibility index (Phi) is 5.93. The molecular formula is C22H21Cl2N3O. The van der Waals surface area contributed by atoms with E-state index in [-0.39, 0.29) is 6.04 Å². The Balaban J connectivity index is 1.78. The van der Waals surface area contributed by atoms with Crippen molar-refractivity contribution in [3.8, 4) is 11.3 Å². The molecule has 1 N–H and O–H groups in total. The molecule has 1 fully saturated rings. The van der Waals surface area contributed by atoms with Gasteiger partial charge in [-0.15, -0.1) is 0 Å². The fraction of sp³-hybridized carbons (Fsp3) is 0.273. The molecule has 1 aliphatic heterocycles. The quantitative estimate of drug-likeness (QED) is 0.614. The summed E-state index contributed by atoms with van der Waals surface area (Å²) in [4.78, 5) is 11.1. The van der Waals surface area contributed by atoms with Crippen LogP contribution < -0.4 is 0 Å². The van der Waals surface area contributed by atoms with Crippen LogP contribution in [0.25, 0.3) is 11.3 Å². The van der Waals surface area contributed by atoms with Crippen molar-refractivity contribution >= 4 is 23.2 Å². The van der Waals surface area contributed by atoms with Crippen molar-refractivity contribution in [1.82, 2.24) is 14.9 Å². The van der Waals surface area contributed by atoms with E-state index in [1.807, 2.05) is 42.6 Å². The van der Waals surface area contributed by atoms with Crippen LogP contribution in [0.15, 0.2) is 61.1 Å². The van der Waals surface area contributed by atoms with E-state index in [0.29, 0.717) is 15.7 Å². The molecular weight excluding hydrogens is 393 g/mol. The van der Waals surface area contributed by atoms with E-state index in [0.717, 1.165) is 42.6 Å². The van der Waals surface area contributed by atoms with Crippen molar-refractivity contribution in [2.45, 2.75) is 25.0 Å². The topological polar surface area (TPSA) is 49.3 Å². The second-order valence-corrected chi connectivity index (χ2v) is 7.89. The molecule has 0 spiro atoms. The van der Waals surface area contributed by atoms with Gasteiger partial charge in [0.1, 0.15) is 6.10 Å². The molecule has 0 amide bonds. The first kappa shape index (κ1) is 19.3. The molecule has 6 heteroatoms. The number of halogens is 2. The van der Waals surface area contributed by atoms with Crippen LogP contribution in [0.5, 0.6) is 0 Å². The summed E-state index contributed by atoms with van der Waals surface area (Å²) in [6.45, 7) is 1.91. The van der Waals surface area contributed by atoms with Crippen LogP contribution in [0.2, 0.25) is 10.0 Å². The van der Waals surface area contributed by atoms with E-state index in [4.69, 9.17) is 23.2 Å². The van der Waals surface area contributed by atoms with Gasteiger partial charge in [-0.1, -0.05) is 35.3 Å². The predicted octanol–water partition coefficient (Wildman–Crippen LogP) is 5.32. The minimum Gasteiger partial charge on any atom is -0.386 e. The first-order chi connectivity index (χ1) is 13.6. The summed E-state index contributed by atoms with van der Waals surface area (Å²) in [6.07, 6.45) is 6.80. The minimum absolute atomic E-state index is 0.186. The number of likely N-dealkylation sites (tertiary alicyclic amines) is 1. The van der Waals surface area contributed by atoms with Gasteiger partial charge in [-0.3, -0.25) is 14.9 Å². The molecule has 2 aromatic heterocycles. The highest BCUT2D eigenvalue weighted by molar-refractivity contribution is 6.35. The summed E-state index contributed by atoms with van der Waals surface area (Å²) in [7, 11) is 0. The highest BCUT2D eigenvalue weighted by atomic mass is 35.5. The van der Waals surface area contributed by atoms with Crippen molar-refractivity contribution < 1.29 is 5.11 Å². The summed E-state index contributed by atoms with van der Waals surface area (Å²) in [5, 5.41) is 12.6. The number of aliphatic hydroxyl groups excluding tert-OH is 1. The SMILES string of the molecule is OC(c1cccnc1-c1cc(Cl)cc(Cl)c1)C(c1cccnc1)N1CCCC1. The van der Waals surface area contributed by atoms with Crippen molar-refractivity contribution in [3.05, 3.63) is 82.2 Å². The number of aliphatic hydroxyl groups is 1. The molecule has 1 saturated heterocycles. The fourth-order valence-corrected chi connectivity index (χ4v) is 4.45. The zero-order valence-corrected chi connectivity index (χ0v) is 16.8. The molecule has 0 bridgehead atoms. The van der Waals surface area contributed by atoms with Crippen LogP contribution in [0.3, 0.4) is 0 Å². The lowest BCUT2D eigenvalue weighted by atomic mass is 9.92. The van der Waals surface area contributed by atoms with Gasteiger partial charge in [0.05, 0.1) is 11.7 Å². The van der Waals surface area contributed by atoms with Crippen LogP contribution in [0.1, 0.15) is 36.1 Å². The lowest BCUT2D eigenvalue weighted by Gasteiger charge is -2.32. The number of hydrogen-bond donors (Lipinski definition) is 1. The maximum atomic E-state index is 11.5. The third-order valence-electron chi connectivity index (χ3n) is 5.15. The summed E-state index contributed by atoms with van der Waals surface area (Å²) in [6, 6.07) is 12.8. The highest BCUT2D eigenvalue weighted by Crippen LogP contribution is 2.39. The second kappa shape index (κ2) is 8.58. The van der Waals surface area contributed by atoms with E-state index in [1.165, 1.54) is 0 Å². The van der Waals surface area contributed by atoms with E-state index in [1.54, 1.807) is 18.5 Å². The zero-order valence-electron chi connectivity index (χ0n) is 15.3. The second-order valence-electron chi connectivity index (χ2n) is 7.02. The Morgan fingerprint density at radius 2 is 1.68 bits per heavy atom. The molecule has 0 radical (unpaired) electrons. The molecule has 1 aliphatic rings. The Bertz CT molecular complexity index is 925. The average Bonchev–Trinajstić information content (AvgIpc) is 3.22. The minimum atomic E-state index is -0.760. The lowest BCUT2D eigenvalue weighted by Crippen LogP contribution is -2.31. The van der Waals surface area contributed by atoms with Gasteiger partial charge < -0.3 is 5.11 Å². The van der Waals surface area contributed by atoms with E-state index < -0.39 is 6.10 Å². The summed E-state index contributed by atoms with van der Waals surface area (Å²) < 4.78 is 0. The molecule has 3 aromatic rings. The van der Waals surface area contributed by atoms with Gasteiger partial charge in [0.15, 0.2) is 0 Å². The number of hydrogen-bond acceptors (Lipinski definition) is 4. The number of benzene rings is 1. The molecule has 4 rings (SSSR count). The van der Waals surface area contributed by atoms with Gasteiger partial charge in [-0.2, -0.15) is 0 Å². The van der Waals surface area contributed by atoms with Crippen LogP contribution in [0, 0.1) is 0 Å².